The van der Waals surface area contributed by atoms with E-state index >= 15 is 0 Å². The van der Waals surface area contributed by atoms with Crippen molar-refractivity contribution in [3.63, 3.8) is 0 Å². The Kier molecular flexibility index (Phi) is 9.37. The monoisotopic (exact) mass is 604 g/mol. The van der Waals surface area contributed by atoms with Gasteiger partial charge in [0.25, 0.3) is 5.91 Å². The zero-order chi connectivity index (χ0) is 31.1. The Bertz CT molecular complexity index is 1820. The molecule has 44 heavy (non-hydrogen) atoms. The fourth-order valence-corrected chi connectivity index (χ4v) is 5.70. The highest BCUT2D eigenvalue weighted by atomic mass is 32.2. The van der Waals surface area contributed by atoms with Gasteiger partial charge in [0.05, 0.1) is 17.7 Å². The number of nitrogens with one attached hydrogen (secondary N) is 2. The van der Waals surface area contributed by atoms with E-state index < -0.39 is 23.1 Å². The van der Waals surface area contributed by atoms with Gasteiger partial charge in [0.1, 0.15) is 5.25 Å². The summed E-state index contributed by atoms with van der Waals surface area (Å²) in [6, 6.07) is 32.9. The first kappa shape index (κ1) is 30.1. The molecule has 1 atom stereocenters. The number of esters is 1. The summed E-state index contributed by atoms with van der Waals surface area (Å²) in [6.07, 6.45) is 0. The number of benzene rings is 5. The van der Waals surface area contributed by atoms with Crippen molar-refractivity contribution >= 4 is 57.7 Å². The second-order valence-corrected chi connectivity index (χ2v) is 10.9. The van der Waals surface area contributed by atoms with E-state index in [9.17, 15) is 24.3 Å². The van der Waals surface area contributed by atoms with E-state index in [4.69, 9.17) is 4.74 Å². The van der Waals surface area contributed by atoms with Gasteiger partial charge < -0.3 is 20.5 Å². The number of thioether (sulfide) groups is 1. The number of anilines is 2. The van der Waals surface area contributed by atoms with Gasteiger partial charge in [-0.15, -0.1) is 11.8 Å². The second-order valence-electron chi connectivity index (χ2n) is 9.69. The minimum absolute atomic E-state index is 0.0557. The highest BCUT2D eigenvalue weighted by molar-refractivity contribution is 8.00. The number of ether oxygens (including phenoxy) is 1. The number of carbonyl (C=O) groups is 4. The number of hydrogen-bond donors (Lipinski definition) is 3. The van der Waals surface area contributed by atoms with Crippen molar-refractivity contribution in [1.29, 1.82) is 0 Å². The van der Waals surface area contributed by atoms with Crippen molar-refractivity contribution in [2.75, 3.05) is 17.2 Å². The van der Waals surface area contributed by atoms with Gasteiger partial charge in [-0.3, -0.25) is 9.59 Å². The van der Waals surface area contributed by atoms with Crippen LogP contribution in [0.1, 0.15) is 48.8 Å². The molecular formula is C35H28N2O6S. The molecular weight excluding hydrogens is 576 g/mol. The molecule has 5 aromatic rings. The van der Waals surface area contributed by atoms with Crippen LogP contribution in [0.4, 0.5) is 11.4 Å². The Labute approximate surface area is 258 Å². The van der Waals surface area contributed by atoms with Crippen LogP contribution >= 0.6 is 11.8 Å². The summed E-state index contributed by atoms with van der Waals surface area (Å²) >= 11 is 1.35. The lowest BCUT2D eigenvalue weighted by molar-refractivity contribution is -0.115. The summed E-state index contributed by atoms with van der Waals surface area (Å²) in [6.45, 7) is 2.01. The lowest BCUT2D eigenvalue weighted by Gasteiger charge is -2.18. The third-order valence-corrected chi connectivity index (χ3v) is 8.02. The van der Waals surface area contributed by atoms with Gasteiger partial charge in [-0.1, -0.05) is 54.6 Å². The average molecular weight is 605 g/mol. The van der Waals surface area contributed by atoms with E-state index in [0.717, 1.165) is 10.5 Å². The molecule has 0 radical (unpaired) electrons. The summed E-state index contributed by atoms with van der Waals surface area (Å²) < 4.78 is 5.02. The molecule has 0 aliphatic heterocycles. The van der Waals surface area contributed by atoms with E-state index in [-0.39, 0.29) is 23.6 Å². The van der Waals surface area contributed by atoms with E-state index in [1.807, 2.05) is 42.5 Å². The third kappa shape index (κ3) is 6.96. The Hall–Kier alpha value is -5.41. The fraction of sp³-hybridized carbons (Fsp3) is 0.0857. The number of hydrogen-bond acceptors (Lipinski definition) is 6. The van der Waals surface area contributed by atoms with Crippen LogP contribution in [0, 0.1) is 0 Å². The molecule has 0 aromatic heterocycles. The van der Waals surface area contributed by atoms with E-state index in [0.29, 0.717) is 27.7 Å². The maximum Gasteiger partial charge on any atom is 0.338 e. The van der Waals surface area contributed by atoms with Gasteiger partial charge in [-0.25, -0.2) is 9.59 Å². The van der Waals surface area contributed by atoms with Crippen LogP contribution in [-0.2, 0) is 9.53 Å². The maximum absolute atomic E-state index is 13.5. The second kappa shape index (κ2) is 13.7. The third-order valence-electron chi connectivity index (χ3n) is 6.75. The van der Waals surface area contributed by atoms with Crippen LogP contribution in [0.3, 0.4) is 0 Å². The summed E-state index contributed by atoms with van der Waals surface area (Å²) in [5, 5.41) is 15.9. The minimum atomic E-state index is -1.11. The lowest BCUT2D eigenvalue weighted by Crippen LogP contribution is -2.19. The first-order valence-corrected chi connectivity index (χ1v) is 14.7. The molecule has 2 amide bonds. The quantitative estimate of drug-likeness (QED) is 0.112. The average Bonchev–Trinajstić information content (AvgIpc) is 3.04. The predicted octanol–water partition coefficient (Wildman–Crippen LogP) is 7.44. The van der Waals surface area contributed by atoms with E-state index in [1.54, 1.807) is 73.7 Å². The molecule has 220 valence electrons. The normalized spacial score (nSPS) is 11.4. The molecule has 0 saturated heterocycles. The molecule has 0 saturated carbocycles. The SMILES string of the molecule is CCOC(=O)c1ccc(NC(=O)C(Sc2ccc(NC(=O)c3cccc4cccc(C(=O)O)c34)cc2)c2ccccc2)cc1. The van der Waals surface area contributed by atoms with Crippen molar-refractivity contribution < 1.29 is 29.0 Å². The van der Waals surface area contributed by atoms with Gasteiger partial charge >= 0.3 is 11.9 Å². The van der Waals surface area contributed by atoms with Crippen molar-refractivity contribution in [3.05, 3.63) is 138 Å². The zero-order valence-corrected chi connectivity index (χ0v) is 24.5. The minimum Gasteiger partial charge on any atom is -0.478 e. The van der Waals surface area contributed by atoms with Crippen molar-refractivity contribution in [1.82, 2.24) is 0 Å². The number of fused-ring (bicyclic) bond motifs is 1. The number of amides is 2. The highest BCUT2D eigenvalue weighted by Crippen LogP contribution is 2.37. The molecule has 0 heterocycles. The molecule has 0 fully saturated rings. The summed E-state index contributed by atoms with van der Waals surface area (Å²) in [5.41, 5.74) is 2.58. The first-order valence-electron chi connectivity index (χ1n) is 13.8. The fourth-order valence-electron chi connectivity index (χ4n) is 4.67. The molecule has 0 bridgehead atoms. The van der Waals surface area contributed by atoms with Gasteiger partial charge in [-0.05, 0) is 78.5 Å². The number of aromatic carboxylic acids is 1. The molecule has 0 aliphatic carbocycles. The van der Waals surface area contributed by atoms with Crippen LogP contribution < -0.4 is 10.6 Å². The van der Waals surface area contributed by atoms with Gasteiger partial charge in [0.15, 0.2) is 0 Å². The predicted molar refractivity (Wildman–Crippen MR) is 171 cm³/mol. The van der Waals surface area contributed by atoms with Crippen molar-refractivity contribution in [2.24, 2.45) is 0 Å². The van der Waals surface area contributed by atoms with Crippen LogP contribution in [0.25, 0.3) is 10.8 Å². The molecule has 5 rings (SSSR count). The molecule has 0 aliphatic rings. The summed E-state index contributed by atoms with van der Waals surface area (Å²) in [4.78, 5) is 51.2. The number of carbonyl (C=O) groups excluding carboxylic acids is 3. The Morgan fingerprint density at radius 2 is 1.34 bits per heavy atom. The van der Waals surface area contributed by atoms with Crippen molar-refractivity contribution in [2.45, 2.75) is 17.1 Å². The lowest BCUT2D eigenvalue weighted by atomic mass is 9.98. The summed E-state index contributed by atoms with van der Waals surface area (Å²) in [7, 11) is 0. The van der Waals surface area contributed by atoms with E-state index in [2.05, 4.69) is 10.6 Å². The van der Waals surface area contributed by atoms with E-state index in [1.165, 1.54) is 17.8 Å². The Morgan fingerprint density at radius 3 is 1.98 bits per heavy atom. The number of carboxylic acid groups (broad SMARTS) is 1. The first-order chi connectivity index (χ1) is 21.3. The van der Waals surface area contributed by atoms with Crippen LogP contribution in [0.5, 0.6) is 0 Å². The number of carboxylic acids is 1. The zero-order valence-electron chi connectivity index (χ0n) is 23.7. The number of rotatable bonds is 10. The molecule has 3 N–H and O–H groups in total. The molecule has 1 unspecified atom stereocenters. The maximum atomic E-state index is 13.5. The Balaban J connectivity index is 1.32. The largest absolute Gasteiger partial charge is 0.478 e. The van der Waals surface area contributed by atoms with Gasteiger partial charge in [0.2, 0.25) is 5.91 Å². The highest BCUT2D eigenvalue weighted by Gasteiger charge is 2.23. The van der Waals surface area contributed by atoms with Gasteiger partial charge in [-0.2, -0.15) is 0 Å². The molecule has 0 spiro atoms. The van der Waals surface area contributed by atoms with Crippen LogP contribution in [-0.4, -0.2) is 35.5 Å². The Morgan fingerprint density at radius 1 is 0.727 bits per heavy atom. The topological polar surface area (TPSA) is 122 Å². The smallest absolute Gasteiger partial charge is 0.338 e. The summed E-state index contributed by atoms with van der Waals surface area (Å²) in [5.74, 6) is -2.21. The molecule has 5 aromatic carbocycles. The standard InChI is InChI=1S/C35H28N2O6S/c1-2-43-35(42)24-14-16-25(17-15-24)37-33(39)31(23-8-4-3-5-9-23)44-27-20-18-26(19-21-27)36-32(38)28-12-6-10-22-11-7-13-29(30(22)28)34(40)41/h3-21,31H,2H2,1H3,(H,36,38)(H,37,39)(H,40,41). The van der Waals surface area contributed by atoms with Crippen LogP contribution in [0.15, 0.2) is 120 Å². The van der Waals surface area contributed by atoms with Crippen LogP contribution in [0.2, 0.25) is 0 Å². The van der Waals surface area contributed by atoms with Crippen molar-refractivity contribution in [3.8, 4) is 0 Å². The molecule has 9 heteroatoms. The molecule has 8 nitrogen and oxygen atoms in total. The van der Waals surface area contributed by atoms with Gasteiger partial charge in [0, 0.05) is 27.2 Å².